The van der Waals surface area contributed by atoms with Crippen molar-refractivity contribution in [3.8, 4) is 0 Å². The van der Waals surface area contributed by atoms with Gasteiger partial charge in [0, 0.05) is 12.7 Å². The maximum atomic E-state index is 4.26. The first-order chi connectivity index (χ1) is 7.24. The fourth-order valence-corrected chi connectivity index (χ4v) is 1.91. The van der Waals surface area contributed by atoms with Crippen LogP contribution in [0.2, 0.25) is 0 Å². The van der Waals surface area contributed by atoms with E-state index < -0.39 is 0 Å². The first kappa shape index (κ1) is 10.7. The molecule has 3 heteroatoms. The molecule has 78 valence electrons. The Bertz CT molecular complexity index is 431. The molecule has 0 aliphatic heterocycles. The largest absolute Gasteiger partial charge is 0.271 e. The predicted molar refractivity (Wildman–Crippen MR) is 69.8 cm³/mol. The Morgan fingerprint density at radius 3 is 2.60 bits per heavy atom. The van der Waals surface area contributed by atoms with E-state index >= 15 is 0 Å². The van der Waals surface area contributed by atoms with Gasteiger partial charge < -0.3 is 0 Å². The topological polar surface area (TPSA) is 17.8 Å². The lowest BCUT2D eigenvalue weighted by molar-refractivity contribution is 0.614. The third-order valence-electron chi connectivity index (χ3n) is 2.35. The first-order valence-electron chi connectivity index (χ1n) is 4.97. The van der Waals surface area contributed by atoms with E-state index in [4.69, 9.17) is 0 Å². The van der Waals surface area contributed by atoms with E-state index in [1.54, 1.807) is 0 Å². The Morgan fingerprint density at radius 2 is 2.00 bits per heavy atom. The summed E-state index contributed by atoms with van der Waals surface area (Å²) in [6.07, 6.45) is 4.99. The molecule has 1 heterocycles. The molecule has 0 spiro atoms. The van der Waals surface area contributed by atoms with Crippen LogP contribution in [0.4, 0.5) is 0 Å². The number of benzene rings is 1. The van der Waals surface area contributed by atoms with Crippen LogP contribution in [-0.4, -0.2) is 9.78 Å². The van der Waals surface area contributed by atoms with Gasteiger partial charge in [-0.25, -0.2) is 0 Å². The molecule has 0 saturated heterocycles. The van der Waals surface area contributed by atoms with Crippen molar-refractivity contribution in [2.45, 2.75) is 19.9 Å². The van der Waals surface area contributed by atoms with Crippen LogP contribution in [0.15, 0.2) is 36.7 Å². The standard InChI is InChI=1S/C12H13IN2/c1-10-2-4-11(5-3-10)6-7-15-9-12(13)8-14-15/h2-5,8-9H,6-7H2,1H3. The summed E-state index contributed by atoms with van der Waals surface area (Å²) in [4.78, 5) is 0. The van der Waals surface area contributed by atoms with Crippen molar-refractivity contribution in [2.24, 2.45) is 0 Å². The summed E-state index contributed by atoms with van der Waals surface area (Å²) in [6, 6.07) is 8.68. The van der Waals surface area contributed by atoms with E-state index in [-0.39, 0.29) is 0 Å². The number of halogens is 1. The van der Waals surface area contributed by atoms with Crippen molar-refractivity contribution >= 4 is 22.6 Å². The smallest absolute Gasteiger partial charge is 0.0623 e. The van der Waals surface area contributed by atoms with Gasteiger partial charge in [0.25, 0.3) is 0 Å². The summed E-state index contributed by atoms with van der Waals surface area (Å²) in [5.41, 5.74) is 2.68. The van der Waals surface area contributed by atoms with Gasteiger partial charge in [-0.1, -0.05) is 29.8 Å². The Labute approximate surface area is 103 Å². The van der Waals surface area contributed by atoms with Crippen molar-refractivity contribution < 1.29 is 0 Å². The molecule has 1 aromatic heterocycles. The molecule has 0 saturated carbocycles. The second kappa shape index (κ2) is 4.79. The van der Waals surface area contributed by atoms with Crippen molar-refractivity contribution in [1.29, 1.82) is 0 Å². The minimum absolute atomic E-state index is 0.950. The van der Waals surface area contributed by atoms with Crippen LogP contribution in [-0.2, 0) is 13.0 Å². The van der Waals surface area contributed by atoms with Crippen molar-refractivity contribution in [2.75, 3.05) is 0 Å². The van der Waals surface area contributed by atoms with Gasteiger partial charge in [0.1, 0.15) is 0 Å². The van der Waals surface area contributed by atoms with E-state index in [1.807, 2.05) is 10.9 Å². The summed E-state index contributed by atoms with van der Waals surface area (Å²) < 4.78 is 3.18. The first-order valence-corrected chi connectivity index (χ1v) is 6.05. The summed E-state index contributed by atoms with van der Waals surface area (Å²) in [5, 5.41) is 4.26. The SMILES string of the molecule is Cc1ccc(CCn2cc(I)cn2)cc1. The number of hydrogen-bond acceptors (Lipinski definition) is 1. The zero-order chi connectivity index (χ0) is 10.7. The summed E-state index contributed by atoms with van der Waals surface area (Å²) in [7, 11) is 0. The monoisotopic (exact) mass is 312 g/mol. The highest BCUT2D eigenvalue weighted by Gasteiger charge is 1.96. The summed E-state index contributed by atoms with van der Waals surface area (Å²) in [5.74, 6) is 0. The zero-order valence-electron chi connectivity index (χ0n) is 8.65. The summed E-state index contributed by atoms with van der Waals surface area (Å²) in [6.45, 7) is 3.06. The Balaban J connectivity index is 1.96. The molecule has 2 aromatic rings. The van der Waals surface area contributed by atoms with Crippen LogP contribution in [0, 0.1) is 10.5 Å². The van der Waals surface area contributed by atoms with Gasteiger partial charge >= 0.3 is 0 Å². The highest BCUT2D eigenvalue weighted by atomic mass is 127. The third kappa shape index (κ3) is 3.06. The van der Waals surface area contributed by atoms with Gasteiger partial charge in [-0.05, 0) is 41.5 Å². The summed E-state index contributed by atoms with van der Waals surface area (Å²) >= 11 is 2.28. The van der Waals surface area contributed by atoms with Gasteiger partial charge in [-0.15, -0.1) is 0 Å². The van der Waals surface area contributed by atoms with E-state index in [2.05, 4.69) is 65.1 Å². The molecule has 0 aliphatic rings. The third-order valence-corrected chi connectivity index (χ3v) is 2.91. The molecule has 2 rings (SSSR count). The fourth-order valence-electron chi connectivity index (χ4n) is 1.46. The maximum Gasteiger partial charge on any atom is 0.0623 e. The van der Waals surface area contributed by atoms with Crippen LogP contribution in [0.1, 0.15) is 11.1 Å². The lowest BCUT2D eigenvalue weighted by Crippen LogP contribution is -2.01. The van der Waals surface area contributed by atoms with Crippen molar-refractivity contribution in [3.05, 3.63) is 51.4 Å². The lowest BCUT2D eigenvalue weighted by atomic mass is 10.1. The second-order valence-corrected chi connectivity index (χ2v) is 4.90. The van der Waals surface area contributed by atoms with Crippen LogP contribution in [0.3, 0.4) is 0 Å². The van der Waals surface area contributed by atoms with Gasteiger partial charge in [-0.3, -0.25) is 4.68 Å². The second-order valence-electron chi connectivity index (χ2n) is 3.66. The van der Waals surface area contributed by atoms with Crippen LogP contribution < -0.4 is 0 Å². The molecule has 0 unspecified atom stereocenters. The number of aryl methyl sites for hydroxylation is 3. The molecular weight excluding hydrogens is 299 g/mol. The van der Waals surface area contributed by atoms with Crippen LogP contribution >= 0.6 is 22.6 Å². The number of rotatable bonds is 3. The van der Waals surface area contributed by atoms with Gasteiger partial charge in [-0.2, -0.15) is 5.10 Å². The van der Waals surface area contributed by atoms with Crippen LogP contribution in [0.5, 0.6) is 0 Å². The zero-order valence-corrected chi connectivity index (χ0v) is 10.8. The molecule has 0 fully saturated rings. The Hall–Kier alpha value is -0.840. The molecule has 0 aliphatic carbocycles. The maximum absolute atomic E-state index is 4.26. The Morgan fingerprint density at radius 1 is 1.27 bits per heavy atom. The average molecular weight is 312 g/mol. The van der Waals surface area contributed by atoms with E-state index in [0.717, 1.165) is 13.0 Å². The molecule has 2 nitrogen and oxygen atoms in total. The molecule has 15 heavy (non-hydrogen) atoms. The number of hydrogen-bond donors (Lipinski definition) is 0. The highest BCUT2D eigenvalue weighted by Crippen LogP contribution is 2.06. The van der Waals surface area contributed by atoms with Crippen molar-refractivity contribution in [3.63, 3.8) is 0 Å². The van der Waals surface area contributed by atoms with Gasteiger partial charge in [0.15, 0.2) is 0 Å². The van der Waals surface area contributed by atoms with E-state index in [9.17, 15) is 0 Å². The lowest BCUT2D eigenvalue weighted by Gasteiger charge is -2.02. The normalized spacial score (nSPS) is 10.5. The van der Waals surface area contributed by atoms with Crippen LogP contribution in [0.25, 0.3) is 0 Å². The molecular formula is C12H13IN2. The van der Waals surface area contributed by atoms with E-state index in [1.165, 1.54) is 14.7 Å². The minimum atomic E-state index is 0.950. The molecule has 0 radical (unpaired) electrons. The van der Waals surface area contributed by atoms with Gasteiger partial charge in [0.2, 0.25) is 0 Å². The highest BCUT2D eigenvalue weighted by molar-refractivity contribution is 14.1. The fraction of sp³-hybridized carbons (Fsp3) is 0.250. The average Bonchev–Trinajstić information content (AvgIpc) is 2.64. The van der Waals surface area contributed by atoms with Crippen molar-refractivity contribution in [1.82, 2.24) is 9.78 Å². The molecule has 0 atom stereocenters. The molecule has 0 bridgehead atoms. The Kier molecular flexibility index (Phi) is 3.41. The number of aromatic nitrogens is 2. The van der Waals surface area contributed by atoms with Gasteiger partial charge in [0.05, 0.1) is 9.77 Å². The number of nitrogens with zero attached hydrogens (tertiary/aromatic N) is 2. The predicted octanol–water partition coefficient (Wildman–Crippen LogP) is 3.04. The molecule has 1 aromatic carbocycles. The van der Waals surface area contributed by atoms with E-state index in [0.29, 0.717) is 0 Å². The molecule has 0 amide bonds. The molecule has 0 N–H and O–H groups in total. The minimum Gasteiger partial charge on any atom is -0.271 e. The quantitative estimate of drug-likeness (QED) is 0.797.